The maximum Gasteiger partial charge on any atom is 0.317 e. The highest BCUT2D eigenvalue weighted by atomic mass is 16.5. The molecular weight excluding hydrogens is 200 g/mol. The SMILES string of the molecule is Cc1cc(C)nc(OC2CCC(C)(C)C2)n1. The first-order chi connectivity index (χ1) is 7.44. The van der Waals surface area contributed by atoms with Crippen molar-refractivity contribution in [2.45, 2.75) is 53.1 Å². The van der Waals surface area contributed by atoms with Gasteiger partial charge in [-0.15, -0.1) is 0 Å². The largest absolute Gasteiger partial charge is 0.460 e. The second-order valence-electron chi connectivity index (χ2n) is 5.58. The van der Waals surface area contributed by atoms with E-state index in [0.29, 0.717) is 11.4 Å². The van der Waals surface area contributed by atoms with Crippen LogP contribution >= 0.6 is 0 Å². The summed E-state index contributed by atoms with van der Waals surface area (Å²) in [6, 6.07) is 2.51. The Labute approximate surface area is 97.3 Å². The highest BCUT2D eigenvalue weighted by Gasteiger charge is 2.32. The van der Waals surface area contributed by atoms with Crippen LogP contribution in [-0.2, 0) is 0 Å². The van der Waals surface area contributed by atoms with Gasteiger partial charge >= 0.3 is 6.01 Å². The van der Waals surface area contributed by atoms with Crippen LogP contribution in [0, 0.1) is 19.3 Å². The normalized spacial score (nSPS) is 23.4. The maximum atomic E-state index is 5.85. The van der Waals surface area contributed by atoms with E-state index in [-0.39, 0.29) is 6.10 Å². The minimum Gasteiger partial charge on any atom is -0.460 e. The second kappa shape index (κ2) is 4.04. The first kappa shape index (κ1) is 11.4. The van der Waals surface area contributed by atoms with E-state index in [1.807, 2.05) is 19.9 Å². The molecule has 1 unspecified atom stereocenters. The van der Waals surface area contributed by atoms with Crippen LogP contribution < -0.4 is 4.74 Å². The van der Waals surface area contributed by atoms with Crippen molar-refractivity contribution in [1.29, 1.82) is 0 Å². The van der Waals surface area contributed by atoms with Gasteiger partial charge in [-0.1, -0.05) is 13.8 Å². The van der Waals surface area contributed by atoms with E-state index >= 15 is 0 Å². The molecule has 0 radical (unpaired) electrons. The lowest BCUT2D eigenvalue weighted by Gasteiger charge is -2.17. The van der Waals surface area contributed by atoms with Gasteiger partial charge in [0, 0.05) is 11.4 Å². The van der Waals surface area contributed by atoms with Crippen molar-refractivity contribution in [3.8, 4) is 6.01 Å². The zero-order valence-corrected chi connectivity index (χ0v) is 10.6. The highest BCUT2D eigenvalue weighted by molar-refractivity contribution is 5.11. The van der Waals surface area contributed by atoms with Crippen LogP contribution in [0.25, 0.3) is 0 Å². The summed E-state index contributed by atoms with van der Waals surface area (Å²) < 4.78 is 5.85. The van der Waals surface area contributed by atoms with E-state index in [4.69, 9.17) is 4.74 Å². The lowest BCUT2D eigenvalue weighted by atomic mass is 9.92. The average molecular weight is 220 g/mol. The standard InChI is InChI=1S/C13H20N2O/c1-9-7-10(2)15-12(14-9)16-11-5-6-13(3,4)8-11/h7,11H,5-6,8H2,1-4H3. The molecule has 88 valence electrons. The van der Waals surface area contributed by atoms with E-state index in [0.717, 1.165) is 24.2 Å². The predicted molar refractivity (Wildman–Crippen MR) is 63.6 cm³/mol. The van der Waals surface area contributed by atoms with Crippen molar-refractivity contribution in [3.63, 3.8) is 0 Å². The molecule has 0 saturated heterocycles. The minimum atomic E-state index is 0.288. The van der Waals surface area contributed by atoms with Gasteiger partial charge in [0.25, 0.3) is 0 Å². The Bertz CT molecular complexity index is 367. The molecule has 2 rings (SSSR count). The van der Waals surface area contributed by atoms with Crippen LogP contribution in [0.2, 0.25) is 0 Å². The predicted octanol–water partition coefficient (Wildman–Crippen LogP) is 3.05. The smallest absolute Gasteiger partial charge is 0.317 e. The number of rotatable bonds is 2. The molecule has 0 N–H and O–H groups in total. The molecule has 3 heteroatoms. The summed E-state index contributed by atoms with van der Waals surface area (Å²) in [7, 11) is 0. The van der Waals surface area contributed by atoms with E-state index in [9.17, 15) is 0 Å². The molecule has 1 aliphatic carbocycles. The molecular formula is C13H20N2O. The van der Waals surface area contributed by atoms with Gasteiger partial charge in [0.15, 0.2) is 0 Å². The molecule has 1 aliphatic rings. The van der Waals surface area contributed by atoms with Gasteiger partial charge < -0.3 is 4.74 Å². The minimum absolute atomic E-state index is 0.288. The van der Waals surface area contributed by atoms with Crippen molar-refractivity contribution in [2.24, 2.45) is 5.41 Å². The molecule has 1 saturated carbocycles. The van der Waals surface area contributed by atoms with Gasteiger partial charge in [0.1, 0.15) is 6.10 Å². The van der Waals surface area contributed by atoms with Crippen LogP contribution in [0.5, 0.6) is 6.01 Å². The quantitative estimate of drug-likeness (QED) is 0.768. The number of ether oxygens (including phenoxy) is 1. The average Bonchev–Trinajstić information content (AvgIpc) is 2.43. The third-order valence-corrected chi connectivity index (χ3v) is 3.16. The van der Waals surface area contributed by atoms with Crippen molar-refractivity contribution in [2.75, 3.05) is 0 Å². The molecule has 16 heavy (non-hydrogen) atoms. The number of aromatic nitrogens is 2. The molecule has 0 spiro atoms. The second-order valence-corrected chi connectivity index (χ2v) is 5.58. The molecule has 0 bridgehead atoms. The van der Waals surface area contributed by atoms with Gasteiger partial charge in [-0.3, -0.25) is 0 Å². The fourth-order valence-electron chi connectivity index (χ4n) is 2.37. The van der Waals surface area contributed by atoms with E-state index in [2.05, 4.69) is 23.8 Å². The number of hydrogen-bond donors (Lipinski definition) is 0. The summed E-state index contributed by atoms with van der Waals surface area (Å²) in [4.78, 5) is 8.62. The molecule has 1 fully saturated rings. The molecule has 1 heterocycles. The van der Waals surface area contributed by atoms with Crippen molar-refractivity contribution >= 4 is 0 Å². The van der Waals surface area contributed by atoms with Gasteiger partial charge in [-0.25, -0.2) is 9.97 Å². The molecule has 1 aromatic rings. The van der Waals surface area contributed by atoms with Gasteiger partial charge in [-0.2, -0.15) is 0 Å². The van der Waals surface area contributed by atoms with E-state index in [1.54, 1.807) is 0 Å². The summed E-state index contributed by atoms with van der Waals surface area (Å²) in [6.07, 6.45) is 3.73. The number of hydrogen-bond acceptors (Lipinski definition) is 3. The fraction of sp³-hybridized carbons (Fsp3) is 0.692. The van der Waals surface area contributed by atoms with E-state index in [1.165, 1.54) is 6.42 Å². The Morgan fingerprint density at radius 1 is 1.25 bits per heavy atom. The lowest BCUT2D eigenvalue weighted by Crippen LogP contribution is -2.16. The molecule has 0 aliphatic heterocycles. The summed E-state index contributed by atoms with van der Waals surface area (Å²) in [5, 5.41) is 0. The van der Waals surface area contributed by atoms with E-state index < -0.39 is 0 Å². The van der Waals surface area contributed by atoms with Gasteiger partial charge in [0.2, 0.25) is 0 Å². The van der Waals surface area contributed by atoms with Gasteiger partial charge in [-0.05, 0) is 44.6 Å². The third-order valence-electron chi connectivity index (χ3n) is 3.16. The topological polar surface area (TPSA) is 35.0 Å². The summed E-state index contributed by atoms with van der Waals surface area (Å²) >= 11 is 0. The zero-order chi connectivity index (χ0) is 11.8. The summed E-state index contributed by atoms with van der Waals surface area (Å²) in [6.45, 7) is 8.53. The van der Waals surface area contributed by atoms with Crippen LogP contribution in [0.3, 0.4) is 0 Å². The highest BCUT2D eigenvalue weighted by Crippen LogP contribution is 2.38. The Balaban J connectivity index is 2.05. The summed E-state index contributed by atoms with van der Waals surface area (Å²) in [5.41, 5.74) is 2.35. The lowest BCUT2D eigenvalue weighted by molar-refractivity contribution is 0.177. The van der Waals surface area contributed by atoms with Crippen molar-refractivity contribution in [3.05, 3.63) is 17.5 Å². The van der Waals surface area contributed by atoms with Crippen LogP contribution in [0.15, 0.2) is 6.07 Å². The maximum absolute atomic E-state index is 5.85. The van der Waals surface area contributed by atoms with Gasteiger partial charge in [0.05, 0.1) is 0 Å². The summed E-state index contributed by atoms with van der Waals surface area (Å²) in [5.74, 6) is 0. The Kier molecular flexibility index (Phi) is 2.87. The van der Waals surface area contributed by atoms with Crippen LogP contribution in [0.1, 0.15) is 44.5 Å². The van der Waals surface area contributed by atoms with Crippen molar-refractivity contribution < 1.29 is 4.74 Å². The number of aryl methyl sites for hydroxylation is 2. The molecule has 1 atom stereocenters. The van der Waals surface area contributed by atoms with Crippen LogP contribution in [-0.4, -0.2) is 16.1 Å². The molecule has 0 aromatic carbocycles. The van der Waals surface area contributed by atoms with Crippen LogP contribution in [0.4, 0.5) is 0 Å². The molecule has 0 amide bonds. The monoisotopic (exact) mass is 220 g/mol. The molecule has 3 nitrogen and oxygen atoms in total. The Morgan fingerprint density at radius 2 is 1.88 bits per heavy atom. The Hall–Kier alpha value is -1.12. The fourth-order valence-corrected chi connectivity index (χ4v) is 2.37. The molecule has 1 aromatic heterocycles. The van der Waals surface area contributed by atoms with Crippen molar-refractivity contribution in [1.82, 2.24) is 9.97 Å². The first-order valence-corrected chi connectivity index (χ1v) is 5.94. The first-order valence-electron chi connectivity index (χ1n) is 5.94. The Morgan fingerprint density at radius 3 is 2.38 bits per heavy atom. The third kappa shape index (κ3) is 2.71. The number of nitrogens with zero attached hydrogens (tertiary/aromatic N) is 2. The zero-order valence-electron chi connectivity index (χ0n) is 10.6.